The predicted octanol–water partition coefficient (Wildman–Crippen LogP) is 12.6. The molecule has 0 rings (SSSR count). The zero-order valence-electron chi connectivity index (χ0n) is 26.8. The van der Waals surface area contributed by atoms with E-state index in [-0.39, 0.29) is 0 Å². The summed E-state index contributed by atoms with van der Waals surface area (Å²) in [7, 11) is 0. The Balaban J connectivity index is 3.93. The average molecular weight is 493 g/mol. The van der Waals surface area contributed by atoms with E-state index in [1.54, 1.807) is 0 Å². The second-order valence-electron chi connectivity index (χ2n) is 14.4. The molecule has 0 amide bonds. The molecule has 0 saturated heterocycles. The summed E-state index contributed by atoms with van der Waals surface area (Å²) in [6.45, 7) is 27.0. The van der Waals surface area contributed by atoms with Crippen LogP contribution in [0.5, 0.6) is 0 Å². The maximum Gasteiger partial charge on any atom is -0.0438 e. The summed E-state index contributed by atoms with van der Waals surface area (Å²) < 4.78 is 0. The fraction of sp³-hybridized carbons (Fsp3) is 1.00. The van der Waals surface area contributed by atoms with Crippen molar-refractivity contribution in [2.24, 2.45) is 53.3 Å². The van der Waals surface area contributed by atoms with E-state index >= 15 is 0 Å². The van der Waals surface area contributed by atoms with Crippen LogP contribution in [0.4, 0.5) is 0 Å². The number of hydrogen-bond acceptors (Lipinski definition) is 0. The molecule has 0 aromatic carbocycles. The molecule has 9 atom stereocenters. The van der Waals surface area contributed by atoms with Crippen LogP contribution in [0.3, 0.4) is 0 Å². The minimum Gasteiger partial charge on any atom is -0.0654 e. The summed E-state index contributed by atoms with van der Waals surface area (Å²) in [5.41, 5.74) is 0. The fourth-order valence-electron chi connectivity index (χ4n) is 7.29. The molecule has 0 aromatic heterocycles. The quantitative estimate of drug-likeness (QED) is 0.133. The molecule has 0 aliphatic rings. The zero-order chi connectivity index (χ0) is 26.8. The molecule has 0 fully saturated rings. The third kappa shape index (κ3) is 20.7. The predicted molar refractivity (Wildman–Crippen MR) is 163 cm³/mol. The number of hydrogen-bond donors (Lipinski definition) is 0. The highest BCUT2D eigenvalue weighted by Crippen LogP contribution is 2.30. The Morgan fingerprint density at radius 3 is 0.943 bits per heavy atom. The monoisotopic (exact) mass is 493 g/mol. The Bertz CT molecular complexity index is 453. The topological polar surface area (TPSA) is 0 Å². The first-order valence-electron chi connectivity index (χ1n) is 16.5. The second kappa shape index (κ2) is 21.0. The van der Waals surface area contributed by atoms with E-state index < -0.39 is 0 Å². The van der Waals surface area contributed by atoms with Crippen molar-refractivity contribution in [2.75, 3.05) is 0 Å². The van der Waals surface area contributed by atoms with Gasteiger partial charge in [-0.05, 0) is 91.8 Å². The highest BCUT2D eigenvalue weighted by Gasteiger charge is 2.17. The minimum atomic E-state index is 0.890. The molecule has 9 unspecified atom stereocenters. The molecule has 0 N–H and O–H groups in total. The molecule has 0 saturated carbocycles. The average Bonchev–Trinajstić information content (AvgIpc) is 2.72. The Morgan fingerprint density at radius 2 is 0.600 bits per heavy atom. The molecular weight excluding hydrogens is 420 g/mol. The second-order valence-corrected chi connectivity index (χ2v) is 14.4. The van der Waals surface area contributed by atoms with Crippen LogP contribution < -0.4 is 0 Å². The summed E-state index contributed by atoms with van der Waals surface area (Å²) in [6.07, 6.45) is 21.3. The lowest BCUT2D eigenvalue weighted by Gasteiger charge is -2.24. The highest BCUT2D eigenvalue weighted by molar-refractivity contribution is 4.69. The standard InChI is InChI=1S/C35H72/c1-12-16-29(5)22-33(9)25-35(11)26-34(10)24-31(7)20-15-18-28(4)17-14-19-30(6)23-32(8)21-27(3)13-2/h27-35H,12-26H2,1-11H3. The van der Waals surface area contributed by atoms with E-state index in [1.165, 1.54) is 96.3 Å². The van der Waals surface area contributed by atoms with E-state index in [0.29, 0.717) is 0 Å². The van der Waals surface area contributed by atoms with Crippen molar-refractivity contribution in [3.8, 4) is 0 Å². The summed E-state index contributed by atoms with van der Waals surface area (Å²) in [6, 6.07) is 0. The Kier molecular flexibility index (Phi) is 21.0. The van der Waals surface area contributed by atoms with Crippen molar-refractivity contribution in [1.82, 2.24) is 0 Å². The Labute approximate surface area is 225 Å². The zero-order valence-corrected chi connectivity index (χ0v) is 26.8. The van der Waals surface area contributed by atoms with E-state index in [0.717, 1.165) is 53.3 Å². The molecular formula is C35H72. The minimum absolute atomic E-state index is 0.890. The third-order valence-electron chi connectivity index (χ3n) is 9.09. The molecule has 0 heteroatoms. The van der Waals surface area contributed by atoms with Crippen LogP contribution in [0.15, 0.2) is 0 Å². The van der Waals surface area contributed by atoms with Gasteiger partial charge in [-0.25, -0.2) is 0 Å². The molecule has 0 aliphatic carbocycles. The molecule has 0 aliphatic heterocycles. The van der Waals surface area contributed by atoms with Gasteiger partial charge in [0.05, 0.1) is 0 Å². The van der Waals surface area contributed by atoms with Crippen molar-refractivity contribution in [1.29, 1.82) is 0 Å². The van der Waals surface area contributed by atoms with E-state index in [1.807, 2.05) is 0 Å². The molecule has 0 heterocycles. The van der Waals surface area contributed by atoms with Crippen LogP contribution in [-0.4, -0.2) is 0 Å². The summed E-state index contributed by atoms with van der Waals surface area (Å²) in [5.74, 6) is 8.12. The van der Waals surface area contributed by atoms with Crippen LogP contribution in [-0.2, 0) is 0 Å². The summed E-state index contributed by atoms with van der Waals surface area (Å²) in [5, 5.41) is 0. The van der Waals surface area contributed by atoms with Crippen LogP contribution in [0, 0.1) is 53.3 Å². The Hall–Kier alpha value is 0. The van der Waals surface area contributed by atoms with Crippen molar-refractivity contribution >= 4 is 0 Å². The van der Waals surface area contributed by atoms with Gasteiger partial charge < -0.3 is 0 Å². The van der Waals surface area contributed by atoms with E-state index in [4.69, 9.17) is 0 Å². The van der Waals surface area contributed by atoms with Crippen LogP contribution in [0.2, 0.25) is 0 Å². The van der Waals surface area contributed by atoms with Gasteiger partial charge in [0.2, 0.25) is 0 Å². The lowest BCUT2D eigenvalue weighted by Crippen LogP contribution is -2.12. The van der Waals surface area contributed by atoms with Gasteiger partial charge in [0, 0.05) is 0 Å². The van der Waals surface area contributed by atoms with E-state index in [2.05, 4.69) is 76.2 Å². The SMILES string of the molecule is CCCC(C)CC(C)CC(C)CC(C)CC(C)CCCC(C)CCCC(C)CC(C)CC(C)CC. The number of rotatable bonds is 23. The molecule has 212 valence electrons. The van der Waals surface area contributed by atoms with Gasteiger partial charge in [0.25, 0.3) is 0 Å². The first-order valence-corrected chi connectivity index (χ1v) is 16.5. The van der Waals surface area contributed by atoms with Gasteiger partial charge in [-0.3, -0.25) is 0 Å². The van der Waals surface area contributed by atoms with Gasteiger partial charge in [-0.15, -0.1) is 0 Å². The van der Waals surface area contributed by atoms with Crippen molar-refractivity contribution in [3.05, 3.63) is 0 Å². The third-order valence-corrected chi connectivity index (χ3v) is 9.09. The van der Waals surface area contributed by atoms with Gasteiger partial charge in [-0.2, -0.15) is 0 Å². The first-order chi connectivity index (χ1) is 16.5. The first kappa shape index (κ1) is 35.0. The Morgan fingerprint density at radius 1 is 0.314 bits per heavy atom. The van der Waals surface area contributed by atoms with Crippen molar-refractivity contribution < 1.29 is 0 Å². The maximum atomic E-state index is 2.52. The largest absolute Gasteiger partial charge is 0.0654 e. The lowest BCUT2D eigenvalue weighted by molar-refractivity contribution is 0.276. The fourth-order valence-corrected chi connectivity index (χ4v) is 7.29. The van der Waals surface area contributed by atoms with Gasteiger partial charge >= 0.3 is 0 Å². The van der Waals surface area contributed by atoms with Gasteiger partial charge in [-0.1, -0.05) is 134 Å². The lowest BCUT2D eigenvalue weighted by atomic mass is 9.82. The van der Waals surface area contributed by atoms with E-state index in [9.17, 15) is 0 Å². The maximum absolute atomic E-state index is 2.52. The van der Waals surface area contributed by atoms with Crippen molar-refractivity contribution in [3.63, 3.8) is 0 Å². The van der Waals surface area contributed by atoms with Crippen molar-refractivity contribution in [2.45, 2.75) is 172 Å². The molecule has 0 spiro atoms. The smallest absolute Gasteiger partial charge is 0.0438 e. The highest BCUT2D eigenvalue weighted by atomic mass is 14.2. The van der Waals surface area contributed by atoms with Crippen LogP contribution in [0.25, 0.3) is 0 Å². The summed E-state index contributed by atoms with van der Waals surface area (Å²) >= 11 is 0. The normalized spacial score (nSPS) is 20.0. The molecule has 0 aromatic rings. The van der Waals surface area contributed by atoms with Crippen LogP contribution in [0.1, 0.15) is 172 Å². The van der Waals surface area contributed by atoms with Crippen LogP contribution >= 0.6 is 0 Å². The van der Waals surface area contributed by atoms with Gasteiger partial charge in [0.1, 0.15) is 0 Å². The summed E-state index contributed by atoms with van der Waals surface area (Å²) in [4.78, 5) is 0. The molecule has 0 bridgehead atoms. The molecule has 35 heavy (non-hydrogen) atoms. The molecule has 0 radical (unpaired) electrons. The van der Waals surface area contributed by atoms with Gasteiger partial charge in [0.15, 0.2) is 0 Å². The molecule has 0 nitrogen and oxygen atoms in total.